The molecule has 28 rings (SSSR count). The summed E-state index contributed by atoms with van der Waals surface area (Å²) in [7, 11) is 0. The van der Waals surface area contributed by atoms with Crippen LogP contribution in [-0.4, -0.2) is 42.8 Å². The highest BCUT2D eigenvalue weighted by atomic mass is 35.5. The number of halogens is 1. The quantitative estimate of drug-likeness (QED) is 0.159. The lowest BCUT2D eigenvalue weighted by Gasteiger charge is -2.15. The van der Waals surface area contributed by atoms with Crippen LogP contribution in [0.1, 0.15) is 11.1 Å². The Morgan fingerprint density at radius 2 is 0.575 bits per heavy atom. The van der Waals surface area contributed by atoms with E-state index < -0.39 is 0 Å². The van der Waals surface area contributed by atoms with E-state index in [1.54, 1.807) is 0 Å². The van der Waals surface area contributed by atoms with Gasteiger partial charge in [-0.05, 0) is 217 Å². The maximum atomic E-state index is 6.70. The number of aromatic nitrogens is 9. The van der Waals surface area contributed by atoms with Crippen molar-refractivity contribution in [1.29, 1.82) is 0 Å². The maximum Gasteiger partial charge on any atom is 0.165 e. The van der Waals surface area contributed by atoms with Gasteiger partial charge < -0.3 is 13.7 Å². The number of benzene rings is 20. The standard InChI is InChI=1S/C58H35N5.C42H25ClN4.C17H12/c1-2-17-40(18-3-1)61-50-24-12-8-20-43(50)46-33-39(27-30-52(46)61)57-58(60-49-23-11-10-22-48(49)59-57)63-53-31-26-36-14-6-7-19-42(36)56(53)45-29-28-41(35-55(45)63)62-51-25-13-9-21-44(51)47-32-37-15-4-5-16-38(37)34-54(47)62;43-28-20-21-32-39(25-28)47(38-23-18-26-10-4-5-13-30(26)40(32)38)42-41(44-34-15-7-8-16-35(34)45-42)27-19-22-37-33(24-27)31-14-6-9-17-36(31)46(37)29-11-2-1-3-12-29;1-2-6-13-11-17-15(9-12(13)5-1)10-14-7-3-4-8-16(14)17/h1-35H;1-25H;1-9,11H,10H2. The molecule has 0 spiro atoms. The molecule has 0 amide bonds. The van der Waals surface area contributed by atoms with Gasteiger partial charge in [0.1, 0.15) is 11.4 Å². The topological polar surface area (TPSA) is 76.2 Å². The number of para-hydroxylation sites is 9. The van der Waals surface area contributed by atoms with Crippen LogP contribution in [0.2, 0.25) is 5.02 Å². The van der Waals surface area contributed by atoms with Crippen molar-refractivity contribution in [2.45, 2.75) is 6.42 Å². The van der Waals surface area contributed by atoms with Crippen LogP contribution in [0.5, 0.6) is 0 Å². The molecule has 9 nitrogen and oxygen atoms in total. The molecular formula is C117H72ClN9. The highest BCUT2D eigenvalue weighted by molar-refractivity contribution is 6.32. The molecule has 0 saturated carbocycles. The van der Waals surface area contributed by atoms with Crippen molar-refractivity contribution in [3.8, 4) is 62.3 Å². The van der Waals surface area contributed by atoms with Gasteiger partial charge >= 0.3 is 0 Å². The first-order valence-electron chi connectivity index (χ1n) is 43.2. The van der Waals surface area contributed by atoms with Crippen LogP contribution in [0.15, 0.2) is 425 Å². The molecular weight excluding hydrogens is 1570 g/mol. The molecule has 0 N–H and O–H groups in total. The van der Waals surface area contributed by atoms with E-state index in [4.69, 9.17) is 31.5 Å². The van der Waals surface area contributed by atoms with E-state index >= 15 is 0 Å². The third-order valence-corrected chi connectivity index (χ3v) is 26.4. The average Bonchev–Trinajstić information content (AvgIpc) is 1.56. The molecule has 10 heteroatoms. The van der Waals surface area contributed by atoms with Crippen LogP contribution in [0, 0.1) is 0 Å². The van der Waals surface area contributed by atoms with Crippen molar-refractivity contribution in [1.82, 2.24) is 42.8 Å². The van der Waals surface area contributed by atoms with Crippen molar-refractivity contribution in [3.63, 3.8) is 0 Å². The molecule has 0 aliphatic heterocycles. The van der Waals surface area contributed by atoms with Gasteiger partial charge in [0.25, 0.3) is 0 Å². The second-order valence-electron chi connectivity index (χ2n) is 33.3. The van der Waals surface area contributed by atoms with Crippen LogP contribution >= 0.6 is 11.6 Å². The first kappa shape index (κ1) is 72.1. The Balaban J connectivity index is 0.000000116. The van der Waals surface area contributed by atoms with E-state index in [-0.39, 0.29) is 0 Å². The molecule has 7 aromatic heterocycles. The number of nitrogens with zero attached hydrogens (tertiary/aromatic N) is 9. The minimum Gasteiger partial charge on any atom is -0.309 e. The highest BCUT2D eigenvalue weighted by Gasteiger charge is 2.28. The van der Waals surface area contributed by atoms with Crippen LogP contribution in [0.4, 0.5) is 0 Å². The summed E-state index contributed by atoms with van der Waals surface area (Å²) in [5, 5.41) is 22.5. The summed E-state index contributed by atoms with van der Waals surface area (Å²) in [5.74, 6) is 1.56. The summed E-state index contributed by atoms with van der Waals surface area (Å²) in [6.45, 7) is 0. The summed E-state index contributed by atoms with van der Waals surface area (Å²) >= 11 is 6.70. The summed E-state index contributed by atoms with van der Waals surface area (Å²) < 4.78 is 11.7. The van der Waals surface area contributed by atoms with Gasteiger partial charge in [-0.25, -0.2) is 19.9 Å². The van der Waals surface area contributed by atoms with E-state index in [2.05, 4.69) is 405 Å². The fourth-order valence-corrected chi connectivity index (χ4v) is 20.7. The average molecular weight is 1640 g/mol. The second-order valence-corrected chi connectivity index (χ2v) is 33.7. The lowest BCUT2D eigenvalue weighted by Crippen LogP contribution is -2.04. The largest absolute Gasteiger partial charge is 0.309 e. The van der Waals surface area contributed by atoms with Crippen LogP contribution < -0.4 is 0 Å². The molecule has 20 aromatic carbocycles. The molecule has 592 valence electrons. The zero-order valence-corrected chi connectivity index (χ0v) is 69.3. The summed E-state index contributed by atoms with van der Waals surface area (Å²) in [5.41, 5.74) is 27.3. The fraction of sp³-hybridized carbons (Fsp3) is 0.00855. The smallest absolute Gasteiger partial charge is 0.165 e. The van der Waals surface area contributed by atoms with Crippen LogP contribution in [0.25, 0.3) is 237 Å². The minimum atomic E-state index is 0.677. The summed E-state index contributed by atoms with van der Waals surface area (Å²) in [6.07, 6.45) is 1.08. The molecule has 27 aromatic rings. The van der Waals surface area contributed by atoms with Crippen molar-refractivity contribution >= 4 is 186 Å². The molecule has 0 atom stereocenters. The van der Waals surface area contributed by atoms with E-state index in [0.717, 1.165) is 118 Å². The molecule has 0 saturated heterocycles. The zero-order chi connectivity index (χ0) is 83.5. The molecule has 0 fully saturated rings. The van der Waals surface area contributed by atoms with Gasteiger partial charge in [0.2, 0.25) is 0 Å². The van der Waals surface area contributed by atoms with Gasteiger partial charge in [0, 0.05) is 87.1 Å². The lowest BCUT2D eigenvalue weighted by molar-refractivity contribution is 1.08. The van der Waals surface area contributed by atoms with Gasteiger partial charge in [-0.3, -0.25) is 9.13 Å². The summed E-state index contributed by atoms with van der Waals surface area (Å²) in [4.78, 5) is 21.8. The normalized spacial score (nSPS) is 12.1. The highest BCUT2D eigenvalue weighted by Crippen LogP contribution is 2.47. The Morgan fingerprint density at radius 3 is 1.10 bits per heavy atom. The Morgan fingerprint density at radius 1 is 0.197 bits per heavy atom. The first-order chi connectivity index (χ1) is 62.9. The van der Waals surface area contributed by atoms with Gasteiger partial charge in [-0.2, -0.15) is 0 Å². The fourth-order valence-electron chi connectivity index (χ4n) is 20.5. The molecule has 127 heavy (non-hydrogen) atoms. The van der Waals surface area contributed by atoms with Gasteiger partial charge in [-0.1, -0.05) is 291 Å². The van der Waals surface area contributed by atoms with Gasteiger partial charge in [0.05, 0.1) is 77.2 Å². The van der Waals surface area contributed by atoms with Crippen molar-refractivity contribution in [3.05, 3.63) is 441 Å². The summed E-state index contributed by atoms with van der Waals surface area (Å²) in [6, 6.07) is 152. The zero-order valence-electron chi connectivity index (χ0n) is 68.5. The Hall–Kier alpha value is -16.6. The molecule has 1 aliphatic carbocycles. The first-order valence-corrected chi connectivity index (χ1v) is 43.6. The Kier molecular flexibility index (Phi) is 16.3. The molecule has 7 heterocycles. The van der Waals surface area contributed by atoms with Crippen molar-refractivity contribution < 1.29 is 0 Å². The van der Waals surface area contributed by atoms with E-state index in [1.807, 2.05) is 42.5 Å². The van der Waals surface area contributed by atoms with E-state index in [9.17, 15) is 0 Å². The Labute approximate surface area is 733 Å². The second kappa shape index (κ2) is 28.8. The lowest BCUT2D eigenvalue weighted by atomic mass is 10.0. The number of rotatable bonds is 7. The van der Waals surface area contributed by atoms with Crippen molar-refractivity contribution in [2.75, 3.05) is 0 Å². The van der Waals surface area contributed by atoms with Gasteiger partial charge in [-0.15, -0.1) is 0 Å². The third kappa shape index (κ3) is 11.5. The maximum absolute atomic E-state index is 6.70. The predicted molar refractivity (Wildman–Crippen MR) is 531 cm³/mol. The number of hydrogen-bond acceptors (Lipinski definition) is 4. The van der Waals surface area contributed by atoms with E-state index in [0.29, 0.717) is 5.02 Å². The molecule has 0 bridgehead atoms. The van der Waals surface area contributed by atoms with Crippen LogP contribution in [-0.2, 0) is 6.42 Å². The number of hydrogen-bond donors (Lipinski definition) is 0. The van der Waals surface area contributed by atoms with E-state index in [1.165, 1.54) is 136 Å². The monoisotopic (exact) mass is 1640 g/mol. The molecule has 1 aliphatic rings. The predicted octanol–water partition coefficient (Wildman–Crippen LogP) is 30.6. The molecule has 0 unspecified atom stereocenters. The minimum absolute atomic E-state index is 0.677. The Bertz CT molecular complexity index is 9290. The SMILES string of the molecule is Clc1ccc2c3c4ccccc4ccc3n(-c3nc4ccccc4nc3-c3ccc4c(c3)c3ccccc3n4-c3ccccc3)c2c1.c1ccc(-n2c3ccccc3c3cc(-c4nc5ccccc5nc4-n4c5cc(-n6c7ccccc7c7cc8ccccc8cc76)ccc5c5c6ccccc6ccc54)ccc32)cc1.c1ccc2c(c1)Cc1cc3ccccc3cc1-2. The molecule has 0 radical (unpaired) electrons. The number of fused-ring (bicyclic) bond motifs is 26. The van der Waals surface area contributed by atoms with Crippen molar-refractivity contribution in [2.24, 2.45) is 0 Å². The third-order valence-electron chi connectivity index (χ3n) is 26.2. The van der Waals surface area contributed by atoms with Crippen LogP contribution in [0.3, 0.4) is 0 Å². The van der Waals surface area contributed by atoms with Gasteiger partial charge in [0.15, 0.2) is 11.6 Å².